The molecule has 0 unspecified atom stereocenters. The Balaban J connectivity index is 1.03. The summed E-state index contributed by atoms with van der Waals surface area (Å²) in [6.45, 7) is 0. The normalized spacial score (nSPS) is 12.0. The van der Waals surface area contributed by atoms with Crippen molar-refractivity contribution in [3.8, 4) is 11.5 Å². The van der Waals surface area contributed by atoms with Crippen LogP contribution in [0.15, 0.2) is 191 Å². The van der Waals surface area contributed by atoms with E-state index in [-0.39, 0.29) is 0 Å². The van der Waals surface area contributed by atoms with Gasteiger partial charge < -0.3 is 13.7 Å². The van der Waals surface area contributed by atoms with Crippen molar-refractivity contribution >= 4 is 104 Å². The second-order valence-electron chi connectivity index (χ2n) is 14.3. The summed E-state index contributed by atoms with van der Waals surface area (Å²) < 4.78 is 13.1. The summed E-state index contributed by atoms with van der Waals surface area (Å²) in [5, 5.41) is 14.1. The van der Waals surface area contributed by atoms with Crippen molar-refractivity contribution in [2.75, 3.05) is 4.90 Å². The van der Waals surface area contributed by atoms with E-state index in [0.29, 0.717) is 5.89 Å². The van der Waals surface area contributed by atoms with Crippen LogP contribution < -0.4 is 4.90 Å². The van der Waals surface area contributed by atoms with E-state index in [1.165, 1.54) is 43.1 Å². The first-order valence-corrected chi connectivity index (χ1v) is 18.6. The Kier molecular flexibility index (Phi) is 6.31. The van der Waals surface area contributed by atoms with Crippen molar-refractivity contribution in [1.29, 1.82) is 0 Å². The molecule has 0 aliphatic heterocycles. The summed E-state index contributed by atoms with van der Waals surface area (Å²) in [5.41, 5.74) is 7.27. The Morgan fingerprint density at radius 3 is 1.76 bits per heavy atom. The van der Waals surface area contributed by atoms with E-state index in [4.69, 9.17) is 13.8 Å². The standard InChI is InChI=1S/C51H30N2O2/c1-2-11-34-28-36(20-16-31(34)8-1)53(37-21-25-40-35(29-37)18-24-42-39-12-5-3-9-32(39)17-23-43(40)42)38-22-26-44-48(30-38)54-46-15-7-14-45(49(44)46)51-52-50-41-13-6-4-10-33(41)19-27-47(50)55-51/h1-30H. The Hall–Kier alpha value is -7.43. The predicted molar refractivity (Wildman–Crippen MR) is 229 cm³/mol. The first kappa shape index (κ1) is 30.1. The molecule has 0 bridgehead atoms. The lowest BCUT2D eigenvalue weighted by molar-refractivity contribution is 0.620. The van der Waals surface area contributed by atoms with Crippen LogP contribution in [-0.2, 0) is 0 Å². The van der Waals surface area contributed by atoms with Gasteiger partial charge in [0.2, 0.25) is 5.89 Å². The van der Waals surface area contributed by atoms with Crippen molar-refractivity contribution < 1.29 is 8.83 Å². The molecule has 12 rings (SSSR count). The number of rotatable bonds is 4. The van der Waals surface area contributed by atoms with Crippen LogP contribution in [0.5, 0.6) is 0 Å². The maximum Gasteiger partial charge on any atom is 0.228 e. The van der Waals surface area contributed by atoms with Gasteiger partial charge in [-0.25, -0.2) is 4.98 Å². The largest absolute Gasteiger partial charge is 0.456 e. The van der Waals surface area contributed by atoms with Gasteiger partial charge in [-0.1, -0.05) is 121 Å². The molecule has 2 heterocycles. The van der Waals surface area contributed by atoms with E-state index >= 15 is 0 Å². The summed E-state index contributed by atoms with van der Waals surface area (Å²) in [6.07, 6.45) is 0. The van der Waals surface area contributed by atoms with Gasteiger partial charge in [0.1, 0.15) is 16.7 Å². The number of anilines is 3. The lowest BCUT2D eigenvalue weighted by Gasteiger charge is -2.26. The molecule has 0 saturated heterocycles. The van der Waals surface area contributed by atoms with E-state index in [9.17, 15) is 0 Å². The summed E-state index contributed by atoms with van der Waals surface area (Å²) in [6, 6.07) is 64.6. The highest BCUT2D eigenvalue weighted by molar-refractivity contribution is 6.18. The number of benzene rings is 10. The molecule has 0 aliphatic carbocycles. The highest BCUT2D eigenvalue weighted by atomic mass is 16.3. The minimum Gasteiger partial charge on any atom is -0.456 e. The SMILES string of the molecule is c1ccc2cc(N(c3ccc4c(ccc5c6ccccc6ccc45)c3)c3ccc4c(c3)oc3cccc(-c5nc6c(ccc7ccccc76)o5)c34)ccc2c1. The van der Waals surface area contributed by atoms with Gasteiger partial charge in [-0.15, -0.1) is 0 Å². The minimum absolute atomic E-state index is 0.582. The smallest absolute Gasteiger partial charge is 0.228 e. The molecular formula is C51H30N2O2. The number of hydrogen-bond donors (Lipinski definition) is 0. The summed E-state index contributed by atoms with van der Waals surface area (Å²) in [7, 11) is 0. The van der Waals surface area contributed by atoms with Crippen LogP contribution in [-0.4, -0.2) is 4.98 Å². The summed E-state index contributed by atoms with van der Waals surface area (Å²) >= 11 is 0. The quantitative estimate of drug-likeness (QED) is 0.171. The Morgan fingerprint density at radius 2 is 0.927 bits per heavy atom. The average Bonchev–Trinajstić information content (AvgIpc) is 3.85. The van der Waals surface area contributed by atoms with Gasteiger partial charge in [0.25, 0.3) is 0 Å². The third-order valence-corrected chi connectivity index (χ3v) is 11.2. The second kappa shape index (κ2) is 11.5. The van der Waals surface area contributed by atoms with Gasteiger partial charge in [-0.3, -0.25) is 0 Å². The zero-order valence-electron chi connectivity index (χ0n) is 29.5. The maximum atomic E-state index is 6.65. The van der Waals surface area contributed by atoms with E-state index in [2.05, 4.69) is 157 Å². The minimum atomic E-state index is 0.582. The van der Waals surface area contributed by atoms with Gasteiger partial charge in [-0.2, -0.15) is 0 Å². The molecule has 4 heteroatoms. The zero-order chi connectivity index (χ0) is 36.0. The van der Waals surface area contributed by atoms with Gasteiger partial charge in [0, 0.05) is 44.9 Å². The third kappa shape index (κ3) is 4.62. The number of oxazole rings is 1. The molecule has 0 atom stereocenters. The van der Waals surface area contributed by atoms with Crippen LogP contribution in [0, 0.1) is 0 Å². The lowest BCUT2D eigenvalue weighted by Crippen LogP contribution is -2.09. The Morgan fingerprint density at radius 1 is 0.345 bits per heavy atom. The molecule has 55 heavy (non-hydrogen) atoms. The fraction of sp³-hybridized carbons (Fsp3) is 0. The topological polar surface area (TPSA) is 42.4 Å². The van der Waals surface area contributed by atoms with Gasteiger partial charge >= 0.3 is 0 Å². The molecule has 0 fully saturated rings. The Bertz CT molecular complexity index is 3520. The molecule has 0 amide bonds. The molecular weight excluding hydrogens is 673 g/mol. The molecule has 0 radical (unpaired) electrons. The monoisotopic (exact) mass is 702 g/mol. The number of furan rings is 1. The molecule has 0 saturated carbocycles. The van der Waals surface area contributed by atoms with E-state index in [1.54, 1.807) is 0 Å². The average molecular weight is 703 g/mol. The summed E-state index contributed by atoms with van der Waals surface area (Å²) in [4.78, 5) is 7.37. The fourth-order valence-electron chi connectivity index (χ4n) is 8.63. The lowest BCUT2D eigenvalue weighted by atomic mass is 9.96. The van der Waals surface area contributed by atoms with Crippen LogP contribution in [0.3, 0.4) is 0 Å². The molecule has 10 aromatic carbocycles. The molecule has 256 valence electrons. The second-order valence-corrected chi connectivity index (χ2v) is 14.3. The van der Waals surface area contributed by atoms with E-state index < -0.39 is 0 Å². The summed E-state index contributed by atoms with van der Waals surface area (Å²) in [5.74, 6) is 0.582. The van der Waals surface area contributed by atoms with Crippen LogP contribution in [0.25, 0.3) is 98.4 Å². The van der Waals surface area contributed by atoms with Crippen molar-refractivity contribution in [2.45, 2.75) is 0 Å². The number of fused-ring (bicyclic) bond motifs is 12. The number of aromatic nitrogens is 1. The van der Waals surface area contributed by atoms with Gasteiger partial charge in [-0.05, 0) is 103 Å². The third-order valence-electron chi connectivity index (χ3n) is 11.2. The van der Waals surface area contributed by atoms with Crippen molar-refractivity contribution in [3.63, 3.8) is 0 Å². The molecule has 12 aromatic rings. The maximum absolute atomic E-state index is 6.65. The van der Waals surface area contributed by atoms with Gasteiger partial charge in [0.05, 0.1) is 0 Å². The van der Waals surface area contributed by atoms with Crippen LogP contribution >= 0.6 is 0 Å². The van der Waals surface area contributed by atoms with Crippen molar-refractivity contribution in [2.24, 2.45) is 0 Å². The number of nitrogens with zero attached hydrogens (tertiary/aromatic N) is 2. The number of hydrogen-bond acceptors (Lipinski definition) is 4. The van der Waals surface area contributed by atoms with Crippen LogP contribution in [0.2, 0.25) is 0 Å². The highest BCUT2D eigenvalue weighted by Gasteiger charge is 2.21. The van der Waals surface area contributed by atoms with Gasteiger partial charge in [0.15, 0.2) is 5.58 Å². The van der Waals surface area contributed by atoms with Crippen LogP contribution in [0.4, 0.5) is 17.1 Å². The molecule has 0 N–H and O–H groups in total. The van der Waals surface area contributed by atoms with Crippen molar-refractivity contribution in [1.82, 2.24) is 4.98 Å². The first-order chi connectivity index (χ1) is 27.2. The van der Waals surface area contributed by atoms with Crippen LogP contribution in [0.1, 0.15) is 0 Å². The first-order valence-electron chi connectivity index (χ1n) is 18.6. The molecule has 0 aliphatic rings. The van der Waals surface area contributed by atoms with Crippen molar-refractivity contribution in [3.05, 3.63) is 182 Å². The van der Waals surface area contributed by atoms with E-state index in [1.807, 2.05) is 30.3 Å². The highest BCUT2D eigenvalue weighted by Crippen LogP contribution is 2.43. The zero-order valence-corrected chi connectivity index (χ0v) is 29.5. The molecule has 4 nitrogen and oxygen atoms in total. The molecule has 0 spiro atoms. The fourth-order valence-corrected chi connectivity index (χ4v) is 8.63. The Labute approximate surface area is 315 Å². The molecule has 2 aromatic heterocycles. The van der Waals surface area contributed by atoms with E-state index in [0.717, 1.165) is 66.4 Å². The predicted octanol–water partition coefficient (Wildman–Crippen LogP) is 14.6.